The first kappa shape index (κ1) is 14.4. The van der Waals surface area contributed by atoms with Crippen molar-refractivity contribution in [3.8, 4) is 0 Å². The standard InChI is InChI=1S/C16H25N3O2/c1-16(2,3)21-15(20)18-9-7-12-11-19(13-5-4-6-13)17-14(12)8-10-18/h11,13H,4-10H2,1-3H3. The van der Waals surface area contributed by atoms with Crippen molar-refractivity contribution in [1.29, 1.82) is 0 Å². The molecule has 0 aromatic carbocycles. The van der Waals surface area contributed by atoms with Gasteiger partial charge in [-0.3, -0.25) is 4.68 Å². The van der Waals surface area contributed by atoms with Gasteiger partial charge in [0.25, 0.3) is 0 Å². The second kappa shape index (κ2) is 5.35. The fourth-order valence-electron chi connectivity index (χ4n) is 2.84. The Morgan fingerprint density at radius 2 is 2.00 bits per heavy atom. The van der Waals surface area contributed by atoms with Crippen molar-refractivity contribution in [3.63, 3.8) is 0 Å². The number of carbonyl (C=O) groups is 1. The molecule has 0 radical (unpaired) electrons. The number of amides is 1. The van der Waals surface area contributed by atoms with Gasteiger partial charge in [0.05, 0.1) is 11.7 Å². The van der Waals surface area contributed by atoms with E-state index in [0.29, 0.717) is 12.6 Å². The van der Waals surface area contributed by atoms with Gasteiger partial charge in [0, 0.05) is 25.7 Å². The first-order valence-electron chi connectivity index (χ1n) is 7.97. The minimum atomic E-state index is -0.433. The highest BCUT2D eigenvalue weighted by Gasteiger charge is 2.27. The molecule has 0 atom stereocenters. The van der Waals surface area contributed by atoms with E-state index in [2.05, 4.69) is 10.9 Å². The Hall–Kier alpha value is -1.52. The van der Waals surface area contributed by atoms with Crippen LogP contribution in [0.15, 0.2) is 6.20 Å². The maximum atomic E-state index is 12.1. The van der Waals surface area contributed by atoms with E-state index >= 15 is 0 Å². The largest absolute Gasteiger partial charge is 0.444 e. The molecule has 0 unspecified atom stereocenters. The summed E-state index contributed by atoms with van der Waals surface area (Å²) in [6, 6.07) is 0.610. The van der Waals surface area contributed by atoms with E-state index in [0.717, 1.165) is 25.1 Å². The predicted molar refractivity (Wildman–Crippen MR) is 80.3 cm³/mol. The van der Waals surface area contributed by atoms with Crippen molar-refractivity contribution in [2.75, 3.05) is 13.1 Å². The lowest BCUT2D eigenvalue weighted by atomic mass is 9.93. The normalized spacial score (nSPS) is 19.7. The third-order valence-corrected chi connectivity index (χ3v) is 4.27. The van der Waals surface area contributed by atoms with Crippen LogP contribution in [0.2, 0.25) is 0 Å². The summed E-state index contributed by atoms with van der Waals surface area (Å²) in [5, 5.41) is 4.74. The number of hydrogen-bond donors (Lipinski definition) is 0. The molecule has 1 aliphatic heterocycles. The first-order chi connectivity index (χ1) is 9.92. The molecule has 0 N–H and O–H groups in total. The minimum absolute atomic E-state index is 0.209. The number of carbonyl (C=O) groups excluding carboxylic acids is 1. The van der Waals surface area contributed by atoms with E-state index in [1.807, 2.05) is 20.8 Å². The average Bonchev–Trinajstić information content (AvgIpc) is 2.57. The summed E-state index contributed by atoms with van der Waals surface area (Å²) in [5.74, 6) is 0. The van der Waals surface area contributed by atoms with Crippen LogP contribution in [0.3, 0.4) is 0 Å². The van der Waals surface area contributed by atoms with E-state index in [1.54, 1.807) is 4.90 Å². The number of ether oxygens (including phenoxy) is 1. The number of fused-ring (bicyclic) bond motifs is 1. The zero-order valence-corrected chi connectivity index (χ0v) is 13.3. The molecule has 0 bridgehead atoms. The third kappa shape index (κ3) is 3.22. The Morgan fingerprint density at radius 3 is 2.62 bits per heavy atom. The summed E-state index contributed by atoms with van der Waals surface area (Å²) in [5.41, 5.74) is 2.03. The SMILES string of the molecule is CC(C)(C)OC(=O)N1CCc2cn(C3CCC3)nc2CC1. The van der Waals surface area contributed by atoms with Crippen LogP contribution in [-0.2, 0) is 17.6 Å². The van der Waals surface area contributed by atoms with Gasteiger partial charge in [-0.25, -0.2) is 4.79 Å². The van der Waals surface area contributed by atoms with Gasteiger partial charge < -0.3 is 9.64 Å². The molecule has 0 spiro atoms. The van der Waals surface area contributed by atoms with Gasteiger partial charge >= 0.3 is 6.09 Å². The molecule has 1 aromatic rings. The van der Waals surface area contributed by atoms with Crippen molar-refractivity contribution in [2.24, 2.45) is 0 Å². The van der Waals surface area contributed by atoms with Crippen molar-refractivity contribution in [1.82, 2.24) is 14.7 Å². The predicted octanol–water partition coefficient (Wildman–Crippen LogP) is 2.94. The lowest BCUT2D eigenvalue weighted by Gasteiger charge is -2.27. The molecule has 116 valence electrons. The molecule has 2 heterocycles. The Labute approximate surface area is 126 Å². The van der Waals surface area contributed by atoms with E-state index in [9.17, 15) is 4.79 Å². The highest BCUT2D eigenvalue weighted by Crippen LogP contribution is 2.32. The van der Waals surface area contributed by atoms with E-state index in [1.165, 1.54) is 24.8 Å². The molecular weight excluding hydrogens is 266 g/mol. The summed E-state index contributed by atoms with van der Waals surface area (Å²) in [6.07, 6.45) is 7.52. The molecule has 1 aromatic heterocycles. The van der Waals surface area contributed by atoms with Crippen molar-refractivity contribution >= 4 is 6.09 Å². The number of aromatic nitrogens is 2. The molecule has 21 heavy (non-hydrogen) atoms. The Kier molecular flexibility index (Phi) is 3.68. The molecule has 5 heteroatoms. The summed E-state index contributed by atoms with van der Waals surface area (Å²) in [7, 11) is 0. The molecule has 1 saturated carbocycles. The van der Waals surface area contributed by atoms with Crippen LogP contribution < -0.4 is 0 Å². The fourth-order valence-corrected chi connectivity index (χ4v) is 2.84. The molecule has 5 nitrogen and oxygen atoms in total. The highest BCUT2D eigenvalue weighted by atomic mass is 16.6. The third-order valence-electron chi connectivity index (χ3n) is 4.27. The van der Waals surface area contributed by atoms with Crippen LogP contribution in [0.25, 0.3) is 0 Å². The fraction of sp³-hybridized carbons (Fsp3) is 0.750. The van der Waals surface area contributed by atoms with Crippen LogP contribution in [0.1, 0.15) is 57.3 Å². The Balaban J connectivity index is 1.63. The van der Waals surface area contributed by atoms with Crippen LogP contribution in [0, 0.1) is 0 Å². The second-order valence-electron chi connectivity index (χ2n) is 7.13. The van der Waals surface area contributed by atoms with Crippen LogP contribution >= 0.6 is 0 Å². The molecule has 3 rings (SSSR count). The zero-order valence-electron chi connectivity index (χ0n) is 13.3. The van der Waals surface area contributed by atoms with Gasteiger partial charge in [-0.05, 0) is 52.0 Å². The van der Waals surface area contributed by atoms with Crippen LogP contribution in [0.5, 0.6) is 0 Å². The summed E-state index contributed by atoms with van der Waals surface area (Å²) >= 11 is 0. The molecule has 1 aliphatic carbocycles. The quantitative estimate of drug-likeness (QED) is 0.799. The number of rotatable bonds is 1. The van der Waals surface area contributed by atoms with Crippen molar-refractivity contribution in [3.05, 3.63) is 17.5 Å². The topological polar surface area (TPSA) is 47.4 Å². The molecule has 2 aliphatic rings. The Morgan fingerprint density at radius 1 is 1.29 bits per heavy atom. The minimum Gasteiger partial charge on any atom is -0.444 e. The first-order valence-corrected chi connectivity index (χ1v) is 7.97. The van der Waals surface area contributed by atoms with Crippen LogP contribution in [0.4, 0.5) is 4.79 Å². The van der Waals surface area contributed by atoms with E-state index in [4.69, 9.17) is 9.84 Å². The van der Waals surface area contributed by atoms with Crippen molar-refractivity contribution in [2.45, 2.75) is 64.5 Å². The van der Waals surface area contributed by atoms with E-state index < -0.39 is 5.60 Å². The summed E-state index contributed by atoms with van der Waals surface area (Å²) in [6.45, 7) is 7.13. The van der Waals surface area contributed by atoms with Gasteiger partial charge in [-0.2, -0.15) is 5.10 Å². The lowest BCUT2D eigenvalue weighted by Crippen LogP contribution is -2.38. The smallest absolute Gasteiger partial charge is 0.410 e. The lowest BCUT2D eigenvalue weighted by molar-refractivity contribution is 0.0258. The van der Waals surface area contributed by atoms with Gasteiger partial charge in [-0.1, -0.05) is 0 Å². The Bertz CT molecular complexity index is 501. The number of nitrogens with zero attached hydrogens (tertiary/aromatic N) is 3. The molecular formula is C16H25N3O2. The second-order valence-corrected chi connectivity index (χ2v) is 7.13. The monoisotopic (exact) mass is 291 g/mol. The zero-order chi connectivity index (χ0) is 15.0. The van der Waals surface area contributed by atoms with Crippen LogP contribution in [-0.4, -0.2) is 39.5 Å². The highest BCUT2D eigenvalue weighted by molar-refractivity contribution is 5.68. The molecule has 0 saturated heterocycles. The van der Waals surface area contributed by atoms with Gasteiger partial charge in [0.2, 0.25) is 0 Å². The average molecular weight is 291 g/mol. The molecule has 1 fully saturated rings. The van der Waals surface area contributed by atoms with Gasteiger partial charge in [0.15, 0.2) is 0 Å². The van der Waals surface area contributed by atoms with Gasteiger partial charge in [0.1, 0.15) is 5.60 Å². The van der Waals surface area contributed by atoms with Crippen molar-refractivity contribution < 1.29 is 9.53 Å². The summed E-state index contributed by atoms with van der Waals surface area (Å²) in [4.78, 5) is 14.0. The van der Waals surface area contributed by atoms with Gasteiger partial charge in [-0.15, -0.1) is 0 Å². The maximum absolute atomic E-state index is 12.1. The maximum Gasteiger partial charge on any atom is 0.410 e. The summed E-state index contributed by atoms with van der Waals surface area (Å²) < 4.78 is 7.61. The molecule has 1 amide bonds. The number of hydrogen-bond acceptors (Lipinski definition) is 3. The van der Waals surface area contributed by atoms with E-state index in [-0.39, 0.29) is 6.09 Å².